The molecule has 0 bridgehead atoms. The zero-order valence-corrected chi connectivity index (χ0v) is 15.2. The number of aromatic nitrogens is 1. The highest BCUT2D eigenvalue weighted by molar-refractivity contribution is 8.16. The molecule has 1 saturated heterocycles. The second-order valence-corrected chi connectivity index (χ2v) is 8.24. The molecule has 1 aromatic heterocycles. The van der Waals surface area contributed by atoms with Crippen molar-refractivity contribution >= 4 is 41.0 Å². The third-order valence-corrected chi connectivity index (χ3v) is 6.64. The summed E-state index contributed by atoms with van der Waals surface area (Å²) >= 11 is 3.89. The molecule has 0 saturated carbocycles. The van der Waals surface area contributed by atoms with Crippen LogP contribution in [0.2, 0.25) is 0 Å². The minimum absolute atomic E-state index is 0.0711. The number of benzene rings is 1. The number of hydrogen-bond acceptors (Lipinski definition) is 5. The second kappa shape index (κ2) is 8.92. The summed E-state index contributed by atoms with van der Waals surface area (Å²) in [5.74, 6) is 1.81. The number of anilines is 1. The topological polar surface area (TPSA) is 71.1 Å². The summed E-state index contributed by atoms with van der Waals surface area (Å²) in [5.41, 5.74) is 2.46. The van der Waals surface area contributed by atoms with Gasteiger partial charge in [-0.25, -0.2) is 0 Å². The molecule has 0 aliphatic carbocycles. The van der Waals surface area contributed by atoms with Crippen LogP contribution in [-0.2, 0) is 4.79 Å². The fraction of sp³-hybridized carbons (Fsp3) is 0.278. The number of nitrogens with one attached hydrogen (secondary N) is 2. The maximum atomic E-state index is 12.1. The third-order valence-electron chi connectivity index (χ3n) is 3.62. The highest BCUT2D eigenvalue weighted by Gasteiger charge is 2.17. The lowest BCUT2D eigenvalue weighted by atomic mass is 10.2. The van der Waals surface area contributed by atoms with Crippen LogP contribution in [0.4, 0.5) is 5.69 Å². The maximum Gasteiger partial charge on any atom is 0.251 e. The number of amides is 2. The average molecular weight is 374 g/mol. The SMILES string of the molecule is O=C(CNC(=O)c1ccncc1)Nc1cccc(C2SCCCS2)c1. The highest BCUT2D eigenvalue weighted by Crippen LogP contribution is 2.43. The lowest BCUT2D eigenvalue weighted by Gasteiger charge is -2.21. The van der Waals surface area contributed by atoms with E-state index in [2.05, 4.69) is 21.7 Å². The van der Waals surface area contributed by atoms with Gasteiger partial charge in [0, 0.05) is 23.6 Å². The van der Waals surface area contributed by atoms with Crippen molar-refractivity contribution in [1.29, 1.82) is 0 Å². The van der Waals surface area contributed by atoms with Crippen molar-refractivity contribution in [3.05, 3.63) is 59.9 Å². The van der Waals surface area contributed by atoms with Gasteiger partial charge in [-0.05, 0) is 47.8 Å². The zero-order valence-electron chi connectivity index (χ0n) is 13.6. The van der Waals surface area contributed by atoms with Crippen molar-refractivity contribution in [3.63, 3.8) is 0 Å². The van der Waals surface area contributed by atoms with Crippen molar-refractivity contribution < 1.29 is 9.59 Å². The van der Waals surface area contributed by atoms with Crippen LogP contribution in [0.15, 0.2) is 48.8 Å². The van der Waals surface area contributed by atoms with E-state index in [1.54, 1.807) is 24.5 Å². The molecule has 5 nitrogen and oxygen atoms in total. The molecule has 25 heavy (non-hydrogen) atoms. The first-order valence-corrected chi connectivity index (χ1v) is 10.1. The molecule has 0 unspecified atom stereocenters. The predicted molar refractivity (Wildman–Crippen MR) is 104 cm³/mol. The van der Waals surface area contributed by atoms with E-state index in [1.165, 1.54) is 23.5 Å². The number of thioether (sulfide) groups is 2. The van der Waals surface area contributed by atoms with Crippen molar-refractivity contribution in [3.8, 4) is 0 Å². The third kappa shape index (κ3) is 5.24. The van der Waals surface area contributed by atoms with Crippen LogP contribution >= 0.6 is 23.5 Å². The van der Waals surface area contributed by atoms with Gasteiger partial charge in [-0.3, -0.25) is 14.6 Å². The Hall–Kier alpha value is -1.99. The standard InChI is InChI=1S/C18H19N3O2S2/c22-16(12-20-17(23)13-5-7-19-8-6-13)21-15-4-1-3-14(11-15)18-24-9-2-10-25-18/h1,3-8,11,18H,2,9-10,12H2,(H,20,23)(H,21,22). The summed E-state index contributed by atoms with van der Waals surface area (Å²) in [6.07, 6.45) is 4.34. The average Bonchev–Trinajstić information content (AvgIpc) is 2.68. The fourth-order valence-corrected chi connectivity index (χ4v) is 5.29. The van der Waals surface area contributed by atoms with E-state index in [1.807, 2.05) is 41.7 Å². The van der Waals surface area contributed by atoms with Gasteiger partial charge in [0.25, 0.3) is 5.91 Å². The van der Waals surface area contributed by atoms with Gasteiger partial charge >= 0.3 is 0 Å². The Morgan fingerprint density at radius 1 is 1.12 bits per heavy atom. The molecule has 1 aliphatic heterocycles. The molecule has 0 radical (unpaired) electrons. The van der Waals surface area contributed by atoms with E-state index in [0.717, 1.165) is 5.69 Å². The predicted octanol–water partition coefficient (Wildman–Crippen LogP) is 3.32. The summed E-state index contributed by atoms with van der Waals surface area (Å²) in [6, 6.07) is 11.1. The van der Waals surface area contributed by atoms with Crippen molar-refractivity contribution in [2.24, 2.45) is 0 Å². The van der Waals surface area contributed by atoms with Crippen LogP contribution in [0.1, 0.15) is 26.9 Å². The molecule has 0 spiro atoms. The van der Waals surface area contributed by atoms with Crippen molar-refractivity contribution in [2.75, 3.05) is 23.4 Å². The van der Waals surface area contributed by atoms with Gasteiger partial charge < -0.3 is 10.6 Å². The Bertz CT molecular complexity index is 734. The van der Waals surface area contributed by atoms with Crippen molar-refractivity contribution in [2.45, 2.75) is 11.0 Å². The summed E-state index contributed by atoms with van der Waals surface area (Å²) < 4.78 is 0.428. The van der Waals surface area contributed by atoms with Crippen LogP contribution in [-0.4, -0.2) is 34.8 Å². The molecule has 2 aromatic rings. The summed E-state index contributed by atoms with van der Waals surface area (Å²) in [7, 11) is 0. The normalized spacial score (nSPS) is 14.7. The lowest BCUT2D eigenvalue weighted by Crippen LogP contribution is -2.32. The largest absolute Gasteiger partial charge is 0.343 e. The number of nitrogens with zero attached hydrogens (tertiary/aromatic N) is 1. The van der Waals surface area contributed by atoms with E-state index in [4.69, 9.17) is 0 Å². The Morgan fingerprint density at radius 3 is 2.64 bits per heavy atom. The molecule has 2 heterocycles. The van der Waals surface area contributed by atoms with Gasteiger partial charge in [0.15, 0.2) is 0 Å². The molecule has 1 aromatic carbocycles. The molecule has 2 amide bonds. The van der Waals surface area contributed by atoms with Gasteiger partial charge in [-0.15, -0.1) is 23.5 Å². The van der Waals surface area contributed by atoms with E-state index in [0.29, 0.717) is 10.1 Å². The minimum atomic E-state index is -0.290. The van der Waals surface area contributed by atoms with E-state index in [9.17, 15) is 9.59 Å². The maximum absolute atomic E-state index is 12.1. The highest BCUT2D eigenvalue weighted by atomic mass is 32.2. The number of carbonyl (C=O) groups is 2. The van der Waals surface area contributed by atoms with Gasteiger partial charge in [-0.1, -0.05) is 12.1 Å². The van der Waals surface area contributed by atoms with Gasteiger partial charge in [-0.2, -0.15) is 0 Å². The second-order valence-electron chi connectivity index (χ2n) is 5.52. The van der Waals surface area contributed by atoms with Gasteiger partial charge in [0.1, 0.15) is 0 Å². The fourth-order valence-electron chi connectivity index (χ4n) is 2.41. The Morgan fingerprint density at radius 2 is 1.88 bits per heavy atom. The number of rotatable bonds is 5. The molecule has 1 fully saturated rings. The first-order valence-electron chi connectivity index (χ1n) is 8.03. The molecule has 0 atom stereocenters. The first-order chi connectivity index (χ1) is 12.2. The zero-order chi connectivity index (χ0) is 17.5. The van der Waals surface area contributed by atoms with Crippen LogP contribution < -0.4 is 10.6 Å². The summed E-state index contributed by atoms with van der Waals surface area (Å²) in [5, 5.41) is 5.45. The molecule has 7 heteroatoms. The van der Waals surface area contributed by atoms with Crippen LogP contribution in [0, 0.1) is 0 Å². The smallest absolute Gasteiger partial charge is 0.251 e. The quantitative estimate of drug-likeness (QED) is 0.841. The Labute approximate surface area is 155 Å². The van der Waals surface area contributed by atoms with Gasteiger partial charge in [0.05, 0.1) is 11.1 Å². The molecular weight excluding hydrogens is 354 g/mol. The summed E-state index contributed by atoms with van der Waals surface area (Å²) in [6.45, 7) is -0.0711. The molecule has 1 aliphatic rings. The molecule has 2 N–H and O–H groups in total. The Kier molecular flexibility index (Phi) is 6.36. The van der Waals surface area contributed by atoms with Gasteiger partial charge in [0.2, 0.25) is 5.91 Å². The number of pyridine rings is 1. The molecule has 3 rings (SSSR count). The van der Waals surface area contributed by atoms with Crippen molar-refractivity contribution in [1.82, 2.24) is 10.3 Å². The van der Waals surface area contributed by atoms with E-state index < -0.39 is 0 Å². The van der Waals surface area contributed by atoms with Crippen LogP contribution in [0.3, 0.4) is 0 Å². The number of hydrogen-bond donors (Lipinski definition) is 2. The lowest BCUT2D eigenvalue weighted by molar-refractivity contribution is -0.115. The molecule has 130 valence electrons. The van der Waals surface area contributed by atoms with Crippen LogP contribution in [0.5, 0.6) is 0 Å². The van der Waals surface area contributed by atoms with Crippen LogP contribution in [0.25, 0.3) is 0 Å². The van der Waals surface area contributed by atoms with E-state index >= 15 is 0 Å². The first kappa shape index (κ1) is 17.8. The number of carbonyl (C=O) groups excluding carboxylic acids is 2. The monoisotopic (exact) mass is 373 g/mol. The Balaban J connectivity index is 1.53. The summed E-state index contributed by atoms with van der Waals surface area (Å²) in [4.78, 5) is 27.9. The van der Waals surface area contributed by atoms with E-state index in [-0.39, 0.29) is 18.4 Å². The minimum Gasteiger partial charge on any atom is -0.343 e. The molecular formula is C18H19N3O2S2.